The molecule has 2 aromatic heterocycles. The standard InChI is InChI=1S/C44H28N2/c1-25-37-15-17-40(34-14-12-32-20-28-8-4-6-10-30(28)22-36(32)24-34)44-41(37)42-38(26(2)46-44)16-18-39(43(42)45-25)33-13-11-31-19-27-7-3-5-9-29(27)21-35(31)23-33/h3-24H,1-2H3. The number of hydrogen-bond donors (Lipinski definition) is 0. The van der Waals surface area contributed by atoms with E-state index in [0.29, 0.717) is 0 Å². The summed E-state index contributed by atoms with van der Waals surface area (Å²) in [7, 11) is 0. The maximum absolute atomic E-state index is 5.30. The van der Waals surface area contributed by atoms with E-state index in [2.05, 4.69) is 147 Å². The summed E-state index contributed by atoms with van der Waals surface area (Å²) in [6, 6.07) is 48.9. The van der Waals surface area contributed by atoms with Gasteiger partial charge in [-0.25, -0.2) is 0 Å². The fourth-order valence-corrected chi connectivity index (χ4v) is 7.66. The molecule has 10 aromatic rings. The first kappa shape index (κ1) is 25.5. The zero-order valence-corrected chi connectivity index (χ0v) is 25.6. The molecule has 0 radical (unpaired) electrons. The Morgan fingerprint density at radius 2 is 0.717 bits per heavy atom. The van der Waals surface area contributed by atoms with E-state index in [-0.39, 0.29) is 0 Å². The maximum atomic E-state index is 5.30. The molecule has 0 fully saturated rings. The van der Waals surface area contributed by atoms with Crippen LogP contribution in [0.3, 0.4) is 0 Å². The molecule has 0 aliphatic rings. The van der Waals surface area contributed by atoms with Crippen molar-refractivity contribution in [3.8, 4) is 22.3 Å². The molecule has 0 saturated heterocycles. The smallest absolute Gasteiger partial charge is 0.0797 e. The van der Waals surface area contributed by atoms with Gasteiger partial charge in [0, 0.05) is 44.1 Å². The first-order chi connectivity index (χ1) is 22.6. The molecule has 46 heavy (non-hydrogen) atoms. The minimum Gasteiger partial charge on any atom is -0.252 e. The van der Waals surface area contributed by atoms with Crippen LogP contribution in [0.25, 0.3) is 97.9 Å². The number of benzene rings is 8. The lowest BCUT2D eigenvalue weighted by molar-refractivity contribution is 1.26. The summed E-state index contributed by atoms with van der Waals surface area (Å²) in [6.07, 6.45) is 0. The van der Waals surface area contributed by atoms with Crippen molar-refractivity contribution >= 4 is 75.7 Å². The van der Waals surface area contributed by atoms with Gasteiger partial charge < -0.3 is 0 Å². The van der Waals surface area contributed by atoms with Crippen molar-refractivity contribution in [1.29, 1.82) is 0 Å². The van der Waals surface area contributed by atoms with Crippen LogP contribution in [0.5, 0.6) is 0 Å². The highest BCUT2D eigenvalue weighted by Gasteiger charge is 2.20. The van der Waals surface area contributed by atoms with Crippen LogP contribution in [0.4, 0.5) is 0 Å². The molecule has 2 nitrogen and oxygen atoms in total. The molecule has 0 spiro atoms. The second-order valence-corrected chi connectivity index (χ2v) is 12.7. The second-order valence-electron chi connectivity index (χ2n) is 12.7. The Morgan fingerprint density at radius 1 is 0.348 bits per heavy atom. The van der Waals surface area contributed by atoms with Crippen LogP contribution in [0.1, 0.15) is 11.4 Å². The summed E-state index contributed by atoms with van der Waals surface area (Å²) < 4.78 is 0. The first-order valence-corrected chi connectivity index (χ1v) is 15.9. The molecule has 0 amide bonds. The molecule has 8 aromatic carbocycles. The predicted molar refractivity (Wildman–Crippen MR) is 196 cm³/mol. The minimum atomic E-state index is 1.03. The normalized spacial score (nSPS) is 12.1. The lowest BCUT2D eigenvalue weighted by Gasteiger charge is -2.18. The summed E-state index contributed by atoms with van der Waals surface area (Å²) in [5.41, 5.74) is 8.81. The Balaban J connectivity index is 1.23. The zero-order valence-electron chi connectivity index (χ0n) is 25.6. The van der Waals surface area contributed by atoms with E-state index in [1.165, 1.54) is 65.0 Å². The monoisotopic (exact) mass is 584 g/mol. The van der Waals surface area contributed by atoms with Gasteiger partial charge in [-0.15, -0.1) is 0 Å². The van der Waals surface area contributed by atoms with Crippen LogP contribution in [0.15, 0.2) is 133 Å². The Bertz CT molecular complexity index is 2680. The van der Waals surface area contributed by atoms with Gasteiger partial charge in [-0.2, -0.15) is 0 Å². The van der Waals surface area contributed by atoms with Gasteiger partial charge >= 0.3 is 0 Å². The quantitative estimate of drug-likeness (QED) is 0.149. The number of pyridine rings is 2. The summed E-state index contributed by atoms with van der Waals surface area (Å²) in [5, 5.41) is 14.7. The molecule has 0 bridgehead atoms. The predicted octanol–water partition coefficient (Wildman–Crippen LogP) is 11.9. The van der Waals surface area contributed by atoms with Gasteiger partial charge in [0.2, 0.25) is 0 Å². The molecule has 0 N–H and O–H groups in total. The van der Waals surface area contributed by atoms with Gasteiger partial charge in [-0.05, 0) is 104 Å². The molecule has 0 unspecified atom stereocenters. The van der Waals surface area contributed by atoms with E-state index in [4.69, 9.17) is 9.97 Å². The van der Waals surface area contributed by atoms with Crippen molar-refractivity contribution in [2.45, 2.75) is 13.8 Å². The van der Waals surface area contributed by atoms with Crippen LogP contribution in [0.2, 0.25) is 0 Å². The third kappa shape index (κ3) is 3.64. The van der Waals surface area contributed by atoms with E-state index in [1.807, 2.05) is 0 Å². The lowest BCUT2D eigenvalue weighted by Crippen LogP contribution is -1.98. The number of fused-ring (bicyclic) bond motifs is 4. The van der Waals surface area contributed by atoms with Gasteiger partial charge in [-0.1, -0.05) is 97.1 Å². The highest BCUT2D eigenvalue weighted by molar-refractivity contribution is 6.26. The van der Waals surface area contributed by atoms with Gasteiger partial charge in [-0.3, -0.25) is 9.97 Å². The number of hydrogen-bond acceptors (Lipinski definition) is 2. The average Bonchev–Trinajstić information content (AvgIpc) is 3.09. The van der Waals surface area contributed by atoms with Gasteiger partial charge in [0.25, 0.3) is 0 Å². The Kier molecular flexibility index (Phi) is 5.16. The van der Waals surface area contributed by atoms with Crippen molar-refractivity contribution in [3.63, 3.8) is 0 Å². The maximum Gasteiger partial charge on any atom is 0.0797 e. The largest absolute Gasteiger partial charge is 0.252 e. The van der Waals surface area contributed by atoms with E-state index >= 15 is 0 Å². The van der Waals surface area contributed by atoms with Crippen molar-refractivity contribution in [2.75, 3.05) is 0 Å². The molecule has 2 heteroatoms. The number of nitrogens with zero attached hydrogens (tertiary/aromatic N) is 2. The molecule has 0 aliphatic carbocycles. The number of aryl methyl sites for hydroxylation is 2. The molecule has 10 rings (SSSR count). The van der Waals surface area contributed by atoms with E-state index in [9.17, 15) is 0 Å². The Morgan fingerprint density at radius 3 is 1.13 bits per heavy atom. The van der Waals surface area contributed by atoms with E-state index in [1.54, 1.807) is 0 Å². The van der Waals surface area contributed by atoms with Gasteiger partial charge in [0.1, 0.15) is 0 Å². The summed E-state index contributed by atoms with van der Waals surface area (Å²) >= 11 is 0. The van der Waals surface area contributed by atoms with Crippen LogP contribution >= 0.6 is 0 Å². The highest BCUT2D eigenvalue weighted by Crippen LogP contribution is 2.43. The topological polar surface area (TPSA) is 25.8 Å². The Labute approximate surface area is 265 Å². The fourth-order valence-electron chi connectivity index (χ4n) is 7.66. The SMILES string of the molecule is Cc1nc2c(-c3ccc4cc5ccccc5cc4c3)ccc3c(C)nc4c(-c5ccc6cc7ccccc7cc6c5)ccc1c4c32. The number of rotatable bonds is 2. The summed E-state index contributed by atoms with van der Waals surface area (Å²) in [4.78, 5) is 10.6. The van der Waals surface area contributed by atoms with E-state index < -0.39 is 0 Å². The second kappa shape index (κ2) is 9.32. The van der Waals surface area contributed by atoms with Crippen LogP contribution < -0.4 is 0 Å². The van der Waals surface area contributed by atoms with Crippen molar-refractivity contribution < 1.29 is 0 Å². The van der Waals surface area contributed by atoms with Crippen molar-refractivity contribution in [2.24, 2.45) is 0 Å². The van der Waals surface area contributed by atoms with Crippen LogP contribution in [-0.4, -0.2) is 9.97 Å². The average molecular weight is 585 g/mol. The summed E-state index contributed by atoms with van der Waals surface area (Å²) in [5.74, 6) is 0. The zero-order chi connectivity index (χ0) is 30.5. The molecular formula is C44H28N2. The van der Waals surface area contributed by atoms with Crippen LogP contribution in [-0.2, 0) is 0 Å². The molecule has 0 saturated carbocycles. The molecule has 2 heterocycles. The van der Waals surface area contributed by atoms with Crippen LogP contribution in [0, 0.1) is 13.8 Å². The molecule has 214 valence electrons. The first-order valence-electron chi connectivity index (χ1n) is 15.9. The van der Waals surface area contributed by atoms with Gasteiger partial charge in [0.15, 0.2) is 0 Å². The third-order valence-corrected chi connectivity index (χ3v) is 9.98. The third-order valence-electron chi connectivity index (χ3n) is 9.98. The van der Waals surface area contributed by atoms with E-state index in [0.717, 1.165) is 44.3 Å². The fraction of sp³-hybridized carbons (Fsp3) is 0.0455. The highest BCUT2D eigenvalue weighted by atomic mass is 14.7. The van der Waals surface area contributed by atoms with Crippen molar-refractivity contribution in [1.82, 2.24) is 9.97 Å². The summed E-state index contributed by atoms with van der Waals surface area (Å²) in [6.45, 7) is 4.26. The lowest BCUT2D eigenvalue weighted by atomic mass is 9.90. The molecule has 0 atom stereocenters. The van der Waals surface area contributed by atoms with Gasteiger partial charge in [0.05, 0.1) is 11.0 Å². The Hall–Kier alpha value is -5.86. The molecular weight excluding hydrogens is 556 g/mol. The molecule has 0 aliphatic heterocycles. The van der Waals surface area contributed by atoms with Crippen molar-refractivity contribution in [3.05, 3.63) is 145 Å². The minimum absolute atomic E-state index is 1.03. The number of aromatic nitrogens is 2.